The minimum Gasteiger partial charge on any atom is -0.353 e. The Morgan fingerprint density at radius 2 is 1.68 bits per heavy atom. The summed E-state index contributed by atoms with van der Waals surface area (Å²) in [6.45, 7) is 5.01. The number of hydrogen-bond acceptors (Lipinski definition) is 4. The van der Waals surface area contributed by atoms with Gasteiger partial charge in [0, 0.05) is 31.8 Å². The fourth-order valence-electron chi connectivity index (χ4n) is 2.80. The zero-order chi connectivity index (χ0) is 15.9. The van der Waals surface area contributed by atoms with E-state index in [0.29, 0.717) is 17.0 Å². The van der Waals surface area contributed by atoms with Gasteiger partial charge in [0.25, 0.3) is 10.0 Å². The highest BCUT2D eigenvalue weighted by Crippen LogP contribution is 2.33. The third-order valence-corrected chi connectivity index (χ3v) is 5.52. The average Bonchev–Trinajstić information content (AvgIpc) is 2.71. The number of amidine groups is 1. The van der Waals surface area contributed by atoms with Crippen LogP contribution in [0.15, 0.2) is 34.2 Å². The van der Waals surface area contributed by atoms with Crippen LogP contribution >= 0.6 is 0 Å². The van der Waals surface area contributed by atoms with Gasteiger partial charge in [0.2, 0.25) is 0 Å². The molecule has 0 amide bonds. The number of rotatable bonds is 1. The van der Waals surface area contributed by atoms with Crippen LogP contribution < -0.4 is 0 Å². The highest BCUT2D eigenvalue weighted by molar-refractivity contribution is 8.00. The van der Waals surface area contributed by atoms with Crippen LogP contribution in [0.3, 0.4) is 0 Å². The highest BCUT2D eigenvalue weighted by atomic mass is 32.2. The maximum atomic E-state index is 13.1. The summed E-state index contributed by atoms with van der Waals surface area (Å²) in [7, 11) is -1.69. The fourth-order valence-corrected chi connectivity index (χ4v) is 4.29. The Morgan fingerprint density at radius 1 is 1.09 bits per heavy atom. The molecule has 0 radical (unpaired) electrons. The molecular weight excluding hydrogens is 305 g/mol. The lowest BCUT2D eigenvalue weighted by atomic mass is 10.1. The lowest BCUT2D eigenvalue weighted by Crippen LogP contribution is -2.47. The van der Waals surface area contributed by atoms with Crippen LogP contribution in [0.1, 0.15) is 12.5 Å². The van der Waals surface area contributed by atoms with E-state index in [1.54, 1.807) is 6.92 Å². The van der Waals surface area contributed by atoms with E-state index < -0.39 is 15.8 Å². The number of halogens is 1. The monoisotopic (exact) mass is 323 g/mol. The van der Waals surface area contributed by atoms with Crippen LogP contribution in [-0.4, -0.2) is 57.3 Å². The van der Waals surface area contributed by atoms with E-state index >= 15 is 0 Å². The van der Waals surface area contributed by atoms with Gasteiger partial charge in [-0.05, 0) is 31.7 Å². The number of hydrogen-bond donors (Lipinski definition) is 0. The second-order valence-electron chi connectivity index (χ2n) is 5.64. The smallest absolute Gasteiger partial charge is 0.285 e. The molecule has 1 saturated heterocycles. The molecule has 0 aromatic heterocycles. The molecule has 3 rings (SSSR count). The third kappa shape index (κ3) is 2.66. The molecule has 7 heteroatoms. The van der Waals surface area contributed by atoms with Crippen LogP contribution in [0.5, 0.6) is 0 Å². The van der Waals surface area contributed by atoms with Crippen molar-refractivity contribution in [2.75, 3.05) is 33.2 Å². The molecule has 2 aliphatic heterocycles. The molecule has 0 atom stereocenters. The van der Waals surface area contributed by atoms with E-state index in [9.17, 15) is 12.8 Å². The molecule has 1 fully saturated rings. The van der Waals surface area contributed by atoms with Crippen LogP contribution in [-0.2, 0) is 10.0 Å². The summed E-state index contributed by atoms with van der Waals surface area (Å²) in [6.07, 6.45) is 0. The van der Waals surface area contributed by atoms with Crippen molar-refractivity contribution in [1.29, 1.82) is 0 Å². The minimum atomic E-state index is -3.72. The Kier molecular flexibility index (Phi) is 3.78. The van der Waals surface area contributed by atoms with E-state index in [2.05, 4.69) is 9.30 Å². The topological polar surface area (TPSA) is 53.0 Å². The predicted octanol–water partition coefficient (Wildman–Crippen LogP) is 1.55. The maximum absolute atomic E-state index is 13.1. The van der Waals surface area contributed by atoms with Crippen LogP contribution in [0.4, 0.5) is 4.39 Å². The van der Waals surface area contributed by atoms with Gasteiger partial charge in [-0.3, -0.25) is 0 Å². The molecule has 0 unspecified atom stereocenters. The summed E-state index contributed by atoms with van der Waals surface area (Å²) in [5.74, 6) is 0.130. The molecule has 2 aliphatic rings. The van der Waals surface area contributed by atoms with Crippen molar-refractivity contribution in [3.8, 4) is 0 Å². The number of sulfonamides is 1. The Labute approximate surface area is 129 Å². The van der Waals surface area contributed by atoms with Gasteiger partial charge in [0.15, 0.2) is 0 Å². The van der Waals surface area contributed by atoms with E-state index in [0.717, 1.165) is 26.2 Å². The summed E-state index contributed by atoms with van der Waals surface area (Å²) in [5, 5.41) is 0. The van der Waals surface area contributed by atoms with Crippen molar-refractivity contribution in [1.82, 2.24) is 9.80 Å². The summed E-state index contributed by atoms with van der Waals surface area (Å²) in [6, 6.07) is 5.49. The number of piperazine rings is 1. The Hall–Kier alpha value is -1.73. The summed E-state index contributed by atoms with van der Waals surface area (Å²) in [5.41, 5.74) is 1.11. The van der Waals surface area contributed by atoms with Crippen molar-refractivity contribution >= 4 is 20.8 Å². The lowest BCUT2D eigenvalue weighted by Gasteiger charge is -2.33. The van der Waals surface area contributed by atoms with Crippen molar-refractivity contribution in [2.24, 2.45) is 4.40 Å². The molecule has 0 saturated carbocycles. The standard InChI is InChI=1S/C15H18FN3O2S/c1-11-14(12-3-5-13(16)6-4-12)22(20,21)17-15(11)19-9-7-18(2)8-10-19/h3-6H,7-10H2,1-2H3. The first-order chi connectivity index (χ1) is 10.4. The summed E-state index contributed by atoms with van der Waals surface area (Å²) in [4.78, 5) is 4.38. The second-order valence-corrected chi connectivity index (χ2v) is 7.18. The Morgan fingerprint density at radius 3 is 2.27 bits per heavy atom. The van der Waals surface area contributed by atoms with E-state index in [1.807, 2.05) is 11.9 Å². The molecule has 5 nitrogen and oxygen atoms in total. The number of nitrogens with zero attached hydrogens (tertiary/aromatic N) is 3. The maximum Gasteiger partial charge on any atom is 0.285 e. The molecule has 0 aliphatic carbocycles. The Bertz CT molecular complexity index is 745. The summed E-state index contributed by atoms with van der Waals surface area (Å²) < 4.78 is 41.8. The highest BCUT2D eigenvalue weighted by Gasteiger charge is 2.34. The number of likely N-dealkylation sites (N-methyl/N-ethyl adjacent to an activating group) is 1. The first-order valence-corrected chi connectivity index (χ1v) is 8.58. The first kappa shape index (κ1) is 15.2. The van der Waals surface area contributed by atoms with E-state index in [1.165, 1.54) is 24.3 Å². The molecule has 118 valence electrons. The van der Waals surface area contributed by atoms with Gasteiger partial charge >= 0.3 is 0 Å². The fraction of sp³-hybridized carbons (Fsp3) is 0.400. The van der Waals surface area contributed by atoms with Crippen LogP contribution in [0.2, 0.25) is 0 Å². The van der Waals surface area contributed by atoms with Crippen LogP contribution in [0.25, 0.3) is 4.91 Å². The average molecular weight is 323 g/mol. The molecule has 22 heavy (non-hydrogen) atoms. The van der Waals surface area contributed by atoms with Gasteiger partial charge in [-0.1, -0.05) is 12.1 Å². The zero-order valence-electron chi connectivity index (χ0n) is 12.6. The largest absolute Gasteiger partial charge is 0.353 e. The predicted molar refractivity (Wildman–Crippen MR) is 84.4 cm³/mol. The molecule has 0 spiro atoms. The normalized spacial score (nSPS) is 22.1. The second kappa shape index (κ2) is 5.48. The third-order valence-electron chi connectivity index (χ3n) is 4.05. The quantitative estimate of drug-likeness (QED) is 0.787. The molecule has 0 bridgehead atoms. The van der Waals surface area contributed by atoms with Gasteiger partial charge in [-0.25, -0.2) is 4.39 Å². The van der Waals surface area contributed by atoms with Crippen molar-refractivity contribution in [3.63, 3.8) is 0 Å². The van der Waals surface area contributed by atoms with Crippen molar-refractivity contribution in [2.45, 2.75) is 6.92 Å². The van der Waals surface area contributed by atoms with Crippen molar-refractivity contribution < 1.29 is 12.8 Å². The van der Waals surface area contributed by atoms with Crippen LogP contribution in [0, 0.1) is 5.82 Å². The summed E-state index contributed by atoms with van der Waals surface area (Å²) >= 11 is 0. The van der Waals surface area contributed by atoms with Gasteiger partial charge < -0.3 is 9.80 Å². The van der Waals surface area contributed by atoms with E-state index in [-0.39, 0.29) is 4.91 Å². The SMILES string of the molecule is CC1=C(c2ccc(F)cc2)S(=O)(=O)N=C1N1CCN(C)CC1. The van der Waals surface area contributed by atoms with Gasteiger partial charge in [-0.2, -0.15) is 8.42 Å². The molecular formula is C15H18FN3O2S. The molecule has 2 heterocycles. The Balaban J connectivity index is 1.99. The lowest BCUT2D eigenvalue weighted by molar-refractivity contribution is 0.216. The first-order valence-electron chi connectivity index (χ1n) is 7.14. The minimum absolute atomic E-state index is 0.182. The molecule has 1 aromatic rings. The molecule has 0 N–H and O–H groups in total. The van der Waals surface area contributed by atoms with Gasteiger partial charge in [0.1, 0.15) is 16.6 Å². The van der Waals surface area contributed by atoms with Gasteiger partial charge in [-0.15, -0.1) is 4.40 Å². The van der Waals surface area contributed by atoms with Gasteiger partial charge in [0.05, 0.1) is 0 Å². The van der Waals surface area contributed by atoms with Crippen molar-refractivity contribution in [3.05, 3.63) is 41.2 Å². The number of benzene rings is 1. The van der Waals surface area contributed by atoms with E-state index in [4.69, 9.17) is 0 Å². The zero-order valence-corrected chi connectivity index (χ0v) is 13.4. The molecule has 1 aromatic carbocycles.